The molecular formula is C19H20N8O2. The molecule has 0 fully saturated rings. The molecule has 3 aromatic heterocycles. The lowest BCUT2D eigenvalue weighted by atomic mass is 10.1. The summed E-state index contributed by atoms with van der Waals surface area (Å²) in [4.78, 5) is 15.5. The van der Waals surface area contributed by atoms with Gasteiger partial charge in [-0.3, -0.25) is 0 Å². The zero-order valence-electron chi connectivity index (χ0n) is 16.2. The number of ether oxygens (including phenoxy) is 1. The van der Waals surface area contributed by atoms with E-state index in [2.05, 4.69) is 35.8 Å². The lowest BCUT2D eigenvalue weighted by molar-refractivity contribution is -0.141. The smallest absolute Gasteiger partial charge is 0.328 e. The molecule has 0 saturated carbocycles. The number of nitrogens with one attached hydrogen (secondary N) is 2. The molecule has 10 nitrogen and oxygen atoms in total. The molecular weight excluding hydrogens is 372 g/mol. The number of esters is 1. The highest BCUT2D eigenvalue weighted by molar-refractivity contribution is 5.85. The van der Waals surface area contributed by atoms with Gasteiger partial charge < -0.3 is 15.0 Å². The Morgan fingerprint density at radius 2 is 1.97 bits per heavy atom. The van der Waals surface area contributed by atoms with E-state index in [9.17, 15) is 4.79 Å². The number of carbonyl (C=O) groups is 1. The van der Waals surface area contributed by atoms with E-state index in [0.717, 1.165) is 27.9 Å². The van der Waals surface area contributed by atoms with Crippen molar-refractivity contribution in [2.45, 2.75) is 26.3 Å². The van der Waals surface area contributed by atoms with Crippen molar-refractivity contribution in [2.24, 2.45) is 0 Å². The molecule has 4 rings (SSSR count). The lowest BCUT2D eigenvalue weighted by Crippen LogP contribution is -2.34. The van der Waals surface area contributed by atoms with E-state index in [1.807, 2.05) is 50.4 Å². The minimum Gasteiger partial charge on any atom is -0.467 e. The minimum absolute atomic E-state index is 0.130. The number of carbonyl (C=O) groups excluding carboxylic acids is 1. The van der Waals surface area contributed by atoms with E-state index in [4.69, 9.17) is 4.74 Å². The first-order valence-electron chi connectivity index (χ1n) is 9.05. The van der Waals surface area contributed by atoms with Gasteiger partial charge >= 0.3 is 5.97 Å². The molecule has 1 atom stereocenters. The quantitative estimate of drug-likeness (QED) is 0.476. The number of aromatic amines is 1. The maximum atomic E-state index is 12.3. The van der Waals surface area contributed by atoms with E-state index in [0.29, 0.717) is 6.42 Å². The summed E-state index contributed by atoms with van der Waals surface area (Å²) >= 11 is 0. The Hall–Kier alpha value is -3.82. The first kappa shape index (κ1) is 18.5. The van der Waals surface area contributed by atoms with Crippen molar-refractivity contribution in [3.8, 4) is 5.95 Å². The molecule has 29 heavy (non-hydrogen) atoms. The van der Waals surface area contributed by atoms with E-state index in [1.54, 1.807) is 4.68 Å². The van der Waals surface area contributed by atoms with Crippen LogP contribution in [-0.2, 0) is 16.0 Å². The summed E-state index contributed by atoms with van der Waals surface area (Å²) in [5.41, 5.74) is 3.69. The van der Waals surface area contributed by atoms with Crippen LogP contribution in [-0.4, -0.2) is 54.3 Å². The average molecular weight is 392 g/mol. The number of aromatic nitrogens is 7. The van der Waals surface area contributed by atoms with Crippen molar-refractivity contribution in [3.63, 3.8) is 0 Å². The number of hydrogen-bond donors (Lipinski definition) is 2. The van der Waals surface area contributed by atoms with Gasteiger partial charge in [-0.25, -0.2) is 9.48 Å². The van der Waals surface area contributed by atoms with Crippen molar-refractivity contribution in [3.05, 3.63) is 53.5 Å². The van der Waals surface area contributed by atoms with Crippen LogP contribution in [0.4, 0.5) is 5.95 Å². The van der Waals surface area contributed by atoms with Gasteiger partial charge in [-0.2, -0.15) is 5.10 Å². The van der Waals surface area contributed by atoms with Crippen LogP contribution in [0.15, 0.2) is 36.5 Å². The van der Waals surface area contributed by atoms with Crippen LogP contribution in [0.3, 0.4) is 0 Å². The topological polar surface area (TPSA) is 124 Å². The zero-order valence-corrected chi connectivity index (χ0v) is 16.2. The van der Waals surface area contributed by atoms with Gasteiger partial charge in [0.15, 0.2) is 0 Å². The number of methoxy groups -OCH3 is 1. The lowest BCUT2D eigenvalue weighted by Gasteiger charge is -2.15. The van der Waals surface area contributed by atoms with Crippen molar-refractivity contribution in [1.82, 2.24) is 35.2 Å². The second-order valence-electron chi connectivity index (χ2n) is 6.65. The third-order valence-electron chi connectivity index (χ3n) is 4.56. The van der Waals surface area contributed by atoms with Crippen molar-refractivity contribution < 1.29 is 9.53 Å². The maximum Gasteiger partial charge on any atom is 0.328 e. The SMILES string of the molecule is COC(=O)C(Cc1c[nH]c2ccccc12)Nc1nnc(-n2nc(C)cc2C)nn1. The Balaban J connectivity index is 1.55. The molecule has 0 aliphatic rings. The molecule has 0 aliphatic carbocycles. The molecule has 0 saturated heterocycles. The van der Waals surface area contributed by atoms with Crippen molar-refractivity contribution in [1.29, 1.82) is 0 Å². The molecule has 148 valence electrons. The highest BCUT2D eigenvalue weighted by atomic mass is 16.5. The highest BCUT2D eigenvalue weighted by Crippen LogP contribution is 2.20. The van der Waals surface area contributed by atoms with Crippen LogP contribution in [0.5, 0.6) is 0 Å². The van der Waals surface area contributed by atoms with Gasteiger partial charge in [0.1, 0.15) is 6.04 Å². The van der Waals surface area contributed by atoms with Gasteiger partial charge in [0, 0.05) is 29.2 Å². The standard InChI is InChI=1S/C19H20N8O2/c1-11-8-12(2)27(26-11)19-24-22-18(23-25-19)21-16(17(28)29-3)9-13-10-20-15-7-5-4-6-14(13)15/h4-8,10,16,20H,9H2,1-3H3,(H,21,22,23). The van der Waals surface area contributed by atoms with E-state index in [-0.39, 0.29) is 11.9 Å². The largest absolute Gasteiger partial charge is 0.467 e. The Morgan fingerprint density at radius 3 is 2.66 bits per heavy atom. The molecule has 4 aromatic rings. The molecule has 1 aromatic carbocycles. The van der Waals surface area contributed by atoms with Crippen molar-refractivity contribution >= 4 is 22.8 Å². The number of benzene rings is 1. The predicted molar refractivity (Wildman–Crippen MR) is 106 cm³/mol. The summed E-state index contributed by atoms with van der Waals surface area (Å²) in [5, 5.41) is 24.5. The fourth-order valence-corrected chi connectivity index (χ4v) is 3.21. The first-order chi connectivity index (χ1) is 14.0. The fourth-order valence-electron chi connectivity index (χ4n) is 3.21. The second-order valence-corrected chi connectivity index (χ2v) is 6.65. The zero-order chi connectivity index (χ0) is 20.4. The van der Waals surface area contributed by atoms with Crippen LogP contribution >= 0.6 is 0 Å². The Kier molecular flexibility index (Phi) is 4.90. The third-order valence-corrected chi connectivity index (χ3v) is 4.56. The van der Waals surface area contributed by atoms with E-state index >= 15 is 0 Å². The van der Waals surface area contributed by atoms with Crippen molar-refractivity contribution in [2.75, 3.05) is 12.4 Å². The minimum atomic E-state index is -0.692. The van der Waals surface area contributed by atoms with Gasteiger partial charge in [0.05, 0.1) is 12.8 Å². The van der Waals surface area contributed by atoms with Crippen LogP contribution in [0, 0.1) is 13.8 Å². The molecule has 0 amide bonds. The third kappa shape index (κ3) is 3.77. The molecule has 1 unspecified atom stereocenters. The molecule has 3 heterocycles. The molecule has 2 N–H and O–H groups in total. The number of aryl methyl sites for hydroxylation is 2. The summed E-state index contributed by atoms with van der Waals surface area (Å²) in [6, 6.07) is 9.10. The van der Waals surface area contributed by atoms with Crippen LogP contribution < -0.4 is 5.32 Å². The summed E-state index contributed by atoms with van der Waals surface area (Å²) in [7, 11) is 1.34. The number of rotatable bonds is 6. The first-order valence-corrected chi connectivity index (χ1v) is 9.05. The predicted octanol–water partition coefficient (Wildman–Crippen LogP) is 1.75. The van der Waals surface area contributed by atoms with Gasteiger partial charge in [-0.05, 0) is 31.5 Å². The van der Waals surface area contributed by atoms with E-state index < -0.39 is 12.0 Å². The number of para-hydroxylation sites is 1. The number of H-pyrrole nitrogens is 1. The summed E-state index contributed by atoms with van der Waals surface area (Å²) in [6.45, 7) is 3.77. The number of hydrogen-bond acceptors (Lipinski definition) is 8. The monoisotopic (exact) mass is 392 g/mol. The van der Waals surface area contributed by atoms with Crippen LogP contribution in [0.2, 0.25) is 0 Å². The Bertz CT molecular complexity index is 1150. The molecule has 0 radical (unpaired) electrons. The summed E-state index contributed by atoms with van der Waals surface area (Å²) < 4.78 is 6.49. The second kappa shape index (κ2) is 7.66. The number of nitrogens with zero attached hydrogens (tertiary/aromatic N) is 6. The Morgan fingerprint density at radius 1 is 1.21 bits per heavy atom. The average Bonchev–Trinajstić information content (AvgIpc) is 3.30. The van der Waals surface area contributed by atoms with E-state index in [1.165, 1.54) is 7.11 Å². The normalized spacial score (nSPS) is 12.1. The van der Waals surface area contributed by atoms with Gasteiger partial charge in [0.25, 0.3) is 11.9 Å². The Labute approximate surface area is 166 Å². The highest BCUT2D eigenvalue weighted by Gasteiger charge is 2.23. The molecule has 0 aliphatic heterocycles. The summed E-state index contributed by atoms with van der Waals surface area (Å²) in [5.74, 6) is -0.0422. The van der Waals surface area contributed by atoms with Crippen LogP contribution in [0.25, 0.3) is 16.9 Å². The number of anilines is 1. The number of fused-ring (bicyclic) bond motifs is 1. The molecule has 10 heteroatoms. The van der Waals surface area contributed by atoms with Crippen LogP contribution in [0.1, 0.15) is 17.0 Å². The fraction of sp³-hybridized carbons (Fsp3) is 0.263. The summed E-state index contributed by atoms with van der Waals surface area (Å²) in [6.07, 6.45) is 2.27. The maximum absolute atomic E-state index is 12.3. The molecule has 0 spiro atoms. The van der Waals surface area contributed by atoms with Gasteiger partial charge in [-0.1, -0.05) is 18.2 Å². The van der Waals surface area contributed by atoms with Gasteiger partial charge in [0.2, 0.25) is 0 Å². The van der Waals surface area contributed by atoms with Gasteiger partial charge in [-0.15, -0.1) is 20.4 Å². The molecule has 0 bridgehead atoms.